The molecule has 0 aliphatic carbocycles. The van der Waals surface area contributed by atoms with Gasteiger partial charge in [0.1, 0.15) is 5.82 Å². The second-order valence-electron chi connectivity index (χ2n) is 6.30. The Morgan fingerprint density at radius 1 is 1.53 bits per heavy atom. The minimum Gasteiger partial charge on any atom is -0.393 e. The fourth-order valence-electron chi connectivity index (χ4n) is 2.20. The number of aromatic nitrogens is 3. The van der Waals surface area contributed by atoms with E-state index < -0.39 is 0 Å². The predicted octanol–water partition coefficient (Wildman–Crippen LogP) is 0.945. The van der Waals surface area contributed by atoms with Crippen LogP contribution in [0.1, 0.15) is 50.6 Å². The van der Waals surface area contributed by atoms with Crippen molar-refractivity contribution >= 4 is 5.91 Å². The molecule has 2 rings (SSSR count). The number of carbonyl (C=O) groups is 1. The number of nitrogens with one attached hydrogen (secondary N) is 1. The van der Waals surface area contributed by atoms with Crippen LogP contribution in [-0.2, 0) is 5.41 Å². The molecule has 0 spiro atoms. The number of aliphatic hydroxyl groups excluding tert-OH is 1. The third kappa shape index (κ3) is 2.94. The molecule has 0 radical (unpaired) electrons. The Bertz CT molecular complexity index is 461. The summed E-state index contributed by atoms with van der Waals surface area (Å²) in [6, 6.07) is 0. The number of H-pyrrole nitrogens is 1. The smallest absolute Gasteiger partial charge is 0.293 e. The van der Waals surface area contributed by atoms with Gasteiger partial charge in [0.2, 0.25) is 5.82 Å². The van der Waals surface area contributed by atoms with E-state index in [1.165, 1.54) is 0 Å². The molecule has 6 nitrogen and oxygen atoms in total. The van der Waals surface area contributed by atoms with Gasteiger partial charge in [-0.1, -0.05) is 20.8 Å². The quantitative estimate of drug-likeness (QED) is 0.835. The fourth-order valence-corrected chi connectivity index (χ4v) is 2.20. The van der Waals surface area contributed by atoms with Gasteiger partial charge in [0, 0.05) is 24.4 Å². The molecule has 1 aliphatic rings. The largest absolute Gasteiger partial charge is 0.393 e. The van der Waals surface area contributed by atoms with E-state index in [4.69, 9.17) is 0 Å². The van der Waals surface area contributed by atoms with Crippen LogP contribution in [0.2, 0.25) is 0 Å². The molecule has 1 saturated heterocycles. The molecule has 2 N–H and O–H groups in total. The van der Waals surface area contributed by atoms with E-state index in [9.17, 15) is 9.90 Å². The Morgan fingerprint density at radius 3 is 2.68 bits per heavy atom. The Labute approximate surface area is 113 Å². The molecule has 0 bridgehead atoms. The van der Waals surface area contributed by atoms with E-state index in [0.29, 0.717) is 18.9 Å². The number of amides is 1. The molecule has 19 heavy (non-hydrogen) atoms. The van der Waals surface area contributed by atoms with Gasteiger partial charge < -0.3 is 10.0 Å². The SMILES string of the molecule is CC(O)C1CCN(C(=O)c2n[nH]c(C(C)(C)C)n2)C1. The number of nitrogens with zero attached hydrogens (tertiary/aromatic N) is 3. The highest BCUT2D eigenvalue weighted by Crippen LogP contribution is 2.22. The van der Waals surface area contributed by atoms with Gasteiger partial charge in [-0.3, -0.25) is 9.89 Å². The Kier molecular flexibility index (Phi) is 3.62. The van der Waals surface area contributed by atoms with Crippen LogP contribution in [0.15, 0.2) is 0 Å². The summed E-state index contributed by atoms with van der Waals surface area (Å²) in [4.78, 5) is 18.2. The lowest BCUT2D eigenvalue weighted by molar-refractivity contribution is 0.0751. The molecule has 0 saturated carbocycles. The molecule has 1 aromatic rings. The van der Waals surface area contributed by atoms with E-state index in [2.05, 4.69) is 15.2 Å². The van der Waals surface area contributed by atoms with Gasteiger partial charge in [-0.05, 0) is 13.3 Å². The third-order valence-electron chi connectivity index (χ3n) is 3.58. The molecule has 1 fully saturated rings. The first kappa shape index (κ1) is 14.0. The number of hydrogen-bond donors (Lipinski definition) is 2. The van der Waals surface area contributed by atoms with Gasteiger partial charge in [0.05, 0.1) is 6.10 Å². The minimum atomic E-state index is -0.380. The van der Waals surface area contributed by atoms with Crippen LogP contribution < -0.4 is 0 Å². The first-order valence-electron chi connectivity index (χ1n) is 6.69. The molecular weight excluding hydrogens is 244 g/mol. The van der Waals surface area contributed by atoms with Crippen molar-refractivity contribution in [1.82, 2.24) is 20.1 Å². The zero-order valence-electron chi connectivity index (χ0n) is 12.0. The van der Waals surface area contributed by atoms with Crippen molar-refractivity contribution < 1.29 is 9.90 Å². The van der Waals surface area contributed by atoms with Gasteiger partial charge in [-0.15, -0.1) is 5.10 Å². The number of aliphatic hydroxyl groups is 1. The van der Waals surface area contributed by atoms with E-state index in [0.717, 1.165) is 6.42 Å². The van der Waals surface area contributed by atoms with E-state index in [-0.39, 0.29) is 29.2 Å². The maximum Gasteiger partial charge on any atom is 0.293 e. The minimum absolute atomic E-state index is 0.154. The summed E-state index contributed by atoms with van der Waals surface area (Å²) in [6.45, 7) is 9.05. The van der Waals surface area contributed by atoms with E-state index in [1.54, 1.807) is 11.8 Å². The van der Waals surface area contributed by atoms with Crippen molar-refractivity contribution in [1.29, 1.82) is 0 Å². The second kappa shape index (κ2) is 4.92. The number of carbonyl (C=O) groups excluding carboxylic acids is 1. The monoisotopic (exact) mass is 266 g/mol. The van der Waals surface area contributed by atoms with Crippen LogP contribution in [0.5, 0.6) is 0 Å². The van der Waals surface area contributed by atoms with Crippen LogP contribution in [0.3, 0.4) is 0 Å². The number of likely N-dealkylation sites (tertiary alicyclic amines) is 1. The van der Waals surface area contributed by atoms with Crippen LogP contribution in [0.25, 0.3) is 0 Å². The average molecular weight is 266 g/mol. The Morgan fingerprint density at radius 2 is 2.21 bits per heavy atom. The van der Waals surface area contributed by atoms with Gasteiger partial charge in [0.15, 0.2) is 0 Å². The van der Waals surface area contributed by atoms with Gasteiger partial charge in [0.25, 0.3) is 5.91 Å². The van der Waals surface area contributed by atoms with Crippen molar-refractivity contribution in [3.8, 4) is 0 Å². The highest BCUT2D eigenvalue weighted by atomic mass is 16.3. The molecule has 1 aromatic heterocycles. The summed E-state index contributed by atoms with van der Waals surface area (Å²) < 4.78 is 0. The van der Waals surface area contributed by atoms with Crippen LogP contribution >= 0.6 is 0 Å². The lowest BCUT2D eigenvalue weighted by Gasteiger charge is -2.16. The molecule has 2 atom stereocenters. The zero-order valence-corrected chi connectivity index (χ0v) is 12.0. The van der Waals surface area contributed by atoms with Gasteiger partial charge in [-0.2, -0.15) is 0 Å². The van der Waals surface area contributed by atoms with Crippen LogP contribution in [0, 0.1) is 5.92 Å². The molecule has 0 aromatic carbocycles. The Balaban J connectivity index is 2.07. The molecular formula is C13H22N4O2. The highest BCUT2D eigenvalue weighted by Gasteiger charge is 2.32. The zero-order chi connectivity index (χ0) is 14.2. The fraction of sp³-hybridized carbons (Fsp3) is 0.769. The lowest BCUT2D eigenvalue weighted by Crippen LogP contribution is -2.31. The molecule has 1 amide bonds. The highest BCUT2D eigenvalue weighted by molar-refractivity contribution is 5.90. The number of hydrogen-bond acceptors (Lipinski definition) is 4. The molecule has 1 aliphatic heterocycles. The predicted molar refractivity (Wildman–Crippen MR) is 70.8 cm³/mol. The third-order valence-corrected chi connectivity index (χ3v) is 3.58. The van der Waals surface area contributed by atoms with Crippen molar-refractivity contribution in [3.63, 3.8) is 0 Å². The number of aromatic amines is 1. The standard InChI is InChI=1S/C13H22N4O2/c1-8(18)9-5-6-17(7-9)11(19)10-14-12(16-15-10)13(2,3)4/h8-9,18H,5-7H2,1-4H3,(H,14,15,16). The summed E-state index contributed by atoms with van der Waals surface area (Å²) >= 11 is 0. The van der Waals surface area contributed by atoms with Gasteiger partial charge >= 0.3 is 0 Å². The van der Waals surface area contributed by atoms with Crippen LogP contribution in [0.4, 0.5) is 0 Å². The summed E-state index contributed by atoms with van der Waals surface area (Å²) in [5.74, 6) is 0.929. The summed E-state index contributed by atoms with van der Waals surface area (Å²) in [5.41, 5.74) is -0.154. The normalized spacial score (nSPS) is 21.7. The maximum absolute atomic E-state index is 12.3. The topological polar surface area (TPSA) is 82.1 Å². The van der Waals surface area contributed by atoms with Crippen LogP contribution in [-0.4, -0.2) is 50.3 Å². The number of rotatable bonds is 2. The maximum atomic E-state index is 12.3. The molecule has 2 unspecified atom stereocenters. The summed E-state index contributed by atoms with van der Waals surface area (Å²) in [5, 5.41) is 16.4. The summed E-state index contributed by atoms with van der Waals surface area (Å²) in [6.07, 6.45) is 0.454. The first-order valence-corrected chi connectivity index (χ1v) is 6.69. The van der Waals surface area contributed by atoms with Gasteiger partial charge in [-0.25, -0.2) is 4.98 Å². The van der Waals surface area contributed by atoms with Crippen molar-refractivity contribution in [2.24, 2.45) is 5.92 Å². The first-order chi connectivity index (χ1) is 8.79. The molecule has 2 heterocycles. The van der Waals surface area contributed by atoms with E-state index >= 15 is 0 Å². The summed E-state index contributed by atoms with van der Waals surface area (Å²) in [7, 11) is 0. The second-order valence-corrected chi connectivity index (χ2v) is 6.30. The van der Waals surface area contributed by atoms with E-state index in [1.807, 2.05) is 20.8 Å². The van der Waals surface area contributed by atoms with Crippen molar-refractivity contribution in [2.45, 2.75) is 45.6 Å². The Hall–Kier alpha value is -1.43. The van der Waals surface area contributed by atoms with Crippen molar-refractivity contribution in [2.75, 3.05) is 13.1 Å². The van der Waals surface area contributed by atoms with Crippen molar-refractivity contribution in [3.05, 3.63) is 11.6 Å². The molecule has 6 heteroatoms. The average Bonchev–Trinajstić information content (AvgIpc) is 2.97. The molecule has 106 valence electrons. The lowest BCUT2D eigenvalue weighted by atomic mass is 9.96.